The molecule has 0 aromatic rings. The SMILES string of the molecule is CCOCCCN=C(N)NC(C)CCCC(C)C. The summed E-state index contributed by atoms with van der Waals surface area (Å²) >= 11 is 0. The molecular weight excluding hydrogens is 226 g/mol. The van der Waals surface area contributed by atoms with Gasteiger partial charge in [-0.25, -0.2) is 0 Å². The molecule has 0 bridgehead atoms. The van der Waals surface area contributed by atoms with Gasteiger partial charge >= 0.3 is 0 Å². The average molecular weight is 257 g/mol. The molecule has 0 heterocycles. The highest BCUT2D eigenvalue weighted by molar-refractivity contribution is 5.78. The van der Waals surface area contributed by atoms with Crippen molar-refractivity contribution in [2.24, 2.45) is 16.6 Å². The van der Waals surface area contributed by atoms with Crippen LogP contribution in [0.25, 0.3) is 0 Å². The summed E-state index contributed by atoms with van der Waals surface area (Å²) in [6.07, 6.45) is 4.59. The van der Waals surface area contributed by atoms with Crippen LogP contribution >= 0.6 is 0 Å². The zero-order chi connectivity index (χ0) is 13.8. The Morgan fingerprint density at radius 3 is 2.56 bits per heavy atom. The van der Waals surface area contributed by atoms with Crippen LogP contribution in [0.3, 0.4) is 0 Å². The molecule has 18 heavy (non-hydrogen) atoms. The van der Waals surface area contributed by atoms with Gasteiger partial charge in [-0.15, -0.1) is 0 Å². The van der Waals surface area contributed by atoms with E-state index in [0.717, 1.165) is 38.5 Å². The minimum absolute atomic E-state index is 0.402. The van der Waals surface area contributed by atoms with E-state index in [0.29, 0.717) is 12.0 Å². The molecule has 4 heteroatoms. The van der Waals surface area contributed by atoms with E-state index in [1.165, 1.54) is 12.8 Å². The standard InChI is InChI=1S/C14H31N3O/c1-5-18-11-7-10-16-14(15)17-13(4)9-6-8-12(2)3/h12-13H,5-11H2,1-4H3,(H3,15,16,17). The van der Waals surface area contributed by atoms with Gasteiger partial charge in [0, 0.05) is 25.8 Å². The molecule has 0 aromatic carbocycles. The molecule has 1 unspecified atom stereocenters. The Bertz CT molecular complexity index is 217. The predicted molar refractivity (Wildman–Crippen MR) is 78.9 cm³/mol. The Balaban J connectivity index is 3.58. The van der Waals surface area contributed by atoms with Crippen molar-refractivity contribution in [3.8, 4) is 0 Å². The maximum absolute atomic E-state index is 5.82. The molecule has 0 aliphatic carbocycles. The molecular formula is C14H31N3O. The summed E-state index contributed by atoms with van der Waals surface area (Å²) < 4.78 is 5.24. The molecule has 0 aliphatic rings. The van der Waals surface area contributed by atoms with E-state index >= 15 is 0 Å². The lowest BCUT2D eigenvalue weighted by Crippen LogP contribution is -2.38. The quantitative estimate of drug-likeness (QED) is 0.359. The number of hydrogen-bond acceptors (Lipinski definition) is 2. The predicted octanol–water partition coefficient (Wildman–Crippen LogP) is 2.53. The van der Waals surface area contributed by atoms with Crippen LogP contribution in [0.4, 0.5) is 0 Å². The third-order valence-corrected chi connectivity index (χ3v) is 2.75. The summed E-state index contributed by atoms with van der Waals surface area (Å²) in [5, 5.41) is 3.23. The van der Waals surface area contributed by atoms with Crippen molar-refractivity contribution in [3.05, 3.63) is 0 Å². The zero-order valence-corrected chi connectivity index (χ0v) is 12.5. The number of guanidine groups is 1. The Kier molecular flexibility index (Phi) is 10.8. The maximum Gasteiger partial charge on any atom is 0.188 e. The van der Waals surface area contributed by atoms with Crippen molar-refractivity contribution < 1.29 is 4.74 Å². The topological polar surface area (TPSA) is 59.6 Å². The van der Waals surface area contributed by atoms with Gasteiger partial charge in [0.1, 0.15) is 0 Å². The Morgan fingerprint density at radius 1 is 1.22 bits per heavy atom. The van der Waals surface area contributed by atoms with Gasteiger partial charge < -0.3 is 15.8 Å². The number of aliphatic imine (C=N–C) groups is 1. The first-order valence-electron chi connectivity index (χ1n) is 7.20. The van der Waals surface area contributed by atoms with Gasteiger partial charge in [0.25, 0.3) is 0 Å². The number of ether oxygens (including phenoxy) is 1. The largest absolute Gasteiger partial charge is 0.382 e. The molecule has 0 radical (unpaired) electrons. The molecule has 0 fully saturated rings. The van der Waals surface area contributed by atoms with Crippen LogP contribution in [-0.4, -0.2) is 31.8 Å². The minimum Gasteiger partial charge on any atom is -0.382 e. The molecule has 0 aliphatic heterocycles. The van der Waals surface area contributed by atoms with Gasteiger partial charge in [-0.1, -0.05) is 26.7 Å². The highest BCUT2D eigenvalue weighted by atomic mass is 16.5. The van der Waals surface area contributed by atoms with Crippen molar-refractivity contribution in [3.63, 3.8) is 0 Å². The molecule has 0 spiro atoms. The first-order chi connectivity index (χ1) is 8.56. The molecule has 1 atom stereocenters. The molecule has 108 valence electrons. The lowest BCUT2D eigenvalue weighted by Gasteiger charge is -2.15. The highest BCUT2D eigenvalue weighted by Crippen LogP contribution is 2.07. The summed E-state index contributed by atoms with van der Waals surface area (Å²) in [7, 11) is 0. The van der Waals surface area contributed by atoms with Crippen LogP contribution in [-0.2, 0) is 4.74 Å². The summed E-state index contributed by atoms with van der Waals surface area (Å²) in [5.41, 5.74) is 5.82. The molecule has 0 rings (SSSR count). The smallest absolute Gasteiger partial charge is 0.188 e. The lowest BCUT2D eigenvalue weighted by atomic mass is 10.0. The molecule has 0 aromatic heterocycles. The van der Waals surface area contributed by atoms with E-state index < -0.39 is 0 Å². The molecule has 4 nitrogen and oxygen atoms in total. The molecule has 0 amide bonds. The van der Waals surface area contributed by atoms with Crippen LogP contribution in [0.2, 0.25) is 0 Å². The monoisotopic (exact) mass is 257 g/mol. The van der Waals surface area contributed by atoms with Crippen molar-refractivity contribution in [1.82, 2.24) is 5.32 Å². The maximum atomic E-state index is 5.82. The first-order valence-corrected chi connectivity index (χ1v) is 7.20. The van der Waals surface area contributed by atoms with E-state index in [2.05, 4.69) is 31.1 Å². The number of nitrogens with zero attached hydrogens (tertiary/aromatic N) is 1. The van der Waals surface area contributed by atoms with Gasteiger partial charge in [-0.2, -0.15) is 0 Å². The van der Waals surface area contributed by atoms with Gasteiger partial charge in [-0.05, 0) is 32.6 Å². The van der Waals surface area contributed by atoms with Gasteiger partial charge in [-0.3, -0.25) is 4.99 Å². The van der Waals surface area contributed by atoms with Crippen LogP contribution < -0.4 is 11.1 Å². The second-order valence-electron chi connectivity index (χ2n) is 5.19. The highest BCUT2D eigenvalue weighted by Gasteiger charge is 2.03. The Labute approximate surface area is 112 Å². The van der Waals surface area contributed by atoms with Crippen LogP contribution in [0.15, 0.2) is 4.99 Å². The normalized spacial score (nSPS) is 13.9. The summed E-state index contributed by atoms with van der Waals surface area (Å²) in [4.78, 5) is 4.28. The fraction of sp³-hybridized carbons (Fsp3) is 0.929. The fourth-order valence-electron chi connectivity index (χ4n) is 1.71. The van der Waals surface area contributed by atoms with Gasteiger partial charge in [0.05, 0.1) is 0 Å². The molecule has 0 saturated heterocycles. The molecule has 0 saturated carbocycles. The first kappa shape index (κ1) is 17.2. The number of rotatable bonds is 10. The Hall–Kier alpha value is -0.770. The van der Waals surface area contributed by atoms with E-state index in [9.17, 15) is 0 Å². The number of hydrogen-bond donors (Lipinski definition) is 2. The van der Waals surface area contributed by atoms with Crippen LogP contribution in [0.1, 0.15) is 53.4 Å². The minimum atomic E-state index is 0.402. The zero-order valence-electron chi connectivity index (χ0n) is 12.5. The third-order valence-electron chi connectivity index (χ3n) is 2.75. The average Bonchev–Trinajstić information content (AvgIpc) is 2.28. The van der Waals surface area contributed by atoms with E-state index in [1.54, 1.807) is 0 Å². The fourth-order valence-corrected chi connectivity index (χ4v) is 1.71. The number of nitrogens with two attached hydrogens (primary N) is 1. The van der Waals surface area contributed by atoms with E-state index in [4.69, 9.17) is 10.5 Å². The van der Waals surface area contributed by atoms with Crippen LogP contribution in [0.5, 0.6) is 0 Å². The third kappa shape index (κ3) is 11.7. The molecule has 3 N–H and O–H groups in total. The van der Waals surface area contributed by atoms with E-state index in [1.807, 2.05) is 6.92 Å². The van der Waals surface area contributed by atoms with E-state index in [-0.39, 0.29) is 0 Å². The van der Waals surface area contributed by atoms with Crippen molar-refractivity contribution in [2.75, 3.05) is 19.8 Å². The summed E-state index contributed by atoms with van der Waals surface area (Å²) in [5.74, 6) is 1.34. The Morgan fingerprint density at radius 2 is 1.94 bits per heavy atom. The van der Waals surface area contributed by atoms with Crippen LogP contribution in [0, 0.1) is 5.92 Å². The van der Waals surface area contributed by atoms with Crippen molar-refractivity contribution in [1.29, 1.82) is 0 Å². The summed E-state index contributed by atoms with van der Waals surface area (Å²) in [6.45, 7) is 10.9. The van der Waals surface area contributed by atoms with Crippen molar-refractivity contribution in [2.45, 2.75) is 59.4 Å². The summed E-state index contributed by atoms with van der Waals surface area (Å²) in [6, 6.07) is 0.402. The van der Waals surface area contributed by atoms with Gasteiger partial charge in [0.2, 0.25) is 0 Å². The number of nitrogens with one attached hydrogen (secondary N) is 1. The van der Waals surface area contributed by atoms with Gasteiger partial charge in [0.15, 0.2) is 5.96 Å². The second-order valence-corrected chi connectivity index (χ2v) is 5.19. The van der Waals surface area contributed by atoms with Crippen molar-refractivity contribution >= 4 is 5.96 Å². The lowest BCUT2D eigenvalue weighted by molar-refractivity contribution is 0.146. The second kappa shape index (κ2) is 11.3.